The van der Waals surface area contributed by atoms with E-state index in [-0.39, 0.29) is 17.9 Å². The molecule has 0 bridgehead atoms. The van der Waals surface area contributed by atoms with Crippen LogP contribution in [-0.2, 0) is 11.3 Å². The van der Waals surface area contributed by atoms with E-state index in [1.165, 1.54) is 6.33 Å². The van der Waals surface area contributed by atoms with Crippen molar-refractivity contribution in [1.29, 1.82) is 0 Å². The molecule has 1 aliphatic rings. The summed E-state index contributed by atoms with van der Waals surface area (Å²) in [5, 5.41) is 6.84. The molecular formula is C17H25N5O2. The standard InChI is InChI=1S/C17H25N5O2/c1-5-22-11(2)8-14(12(22)3)17(23)21(4)9-15-13(6-7-24-15)16-18-10-19-20-16/h8,10,13,15H,5-7,9H2,1-4H3,(H,18,19,20)/t13-,15-/m1/s1. The highest BCUT2D eigenvalue weighted by Crippen LogP contribution is 2.29. The normalized spacial score (nSPS) is 20.5. The summed E-state index contributed by atoms with van der Waals surface area (Å²) in [4.78, 5) is 18.8. The molecule has 0 saturated carbocycles. The van der Waals surface area contributed by atoms with Gasteiger partial charge in [0.25, 0.3) is 5.91 Å². The van der Waals surface area contributed by atoms with Gasteiger partial charge < -0.3 is 14.2 Å². The number of carbonyl (C=O) groups is 1. The predicted molar refractivity (Wildman–Crippen MR) is 90.0 cm³/mol. The molecule has 3 rings (SSSR count). The molecule has 1 amide bonds. The first-order valence-corrected chi connectivity index (χ1v) is 8.42. The monoisotopic (exact) mass is 331 g/mol. The number of H-pyrrole nitrogens is 1. The maximum Gasteiger partial charge on any atom is 0.255 e. The van der Waals surface area contributed by atoms with Crippen molar-refractivity contribution < 1.29 is 9.53 Å². The van der Waals surface area contributed by atoms with Crippen LogP contribution in [0, 0.1) is 13.8 Å². The lowest BCUT2D eigenvalue weighted by Gasteiger charge is -2.24. The van der Waals surface area contributed by atoms with Gasteiger partial charge >= 0.3 is 0 Å². The highest BCUT2D eigenvalue weighted by Gasteiger charge is 2.33. The van der Waals surface area contributed by atoms with Crippen LogP contribution in [0.5, 0.6) is 0 Å². The van der Waals surface area contributed by atoms with Gasteiger partial charge in [0.1, 0.15) is 12.2 Å². The molecule has 2 atom stereocenters. The highest BCUT2D eigenvalue weighted by atomic mass is 16.5. The third kappa shape index (κ3) is 2.96. The molecule has 0 unspecified atom stereocenters. The summed E-state index contributed by atoms with van der Waals surface area (Å²) in [6.07, 6.45) is 2.35. The van der Waals surface area contributed by atoms with E-state index < -0.39 is 0 Å². The highest BCUT2D eigenvalue weighted by molar-refractivity contribution is 5.95. The minimum atomic E-state index is -0.0541. The molecule has 0 spiro atoms. The van der Waals surface area contributed by atoms with E-state index in [0.717, 1.165) is 35.7 Å². The minimum absolute atomic E-state index is 0.0367. The molecule has 0 aliphatic carbocycles. The number of hydrogen-bond donors (Lipinski definition) is 1. The van der Waals surface area contributed by atoms with Crippen LogP contribution in [0.25, 0.3) is 0 Å². The molecule has 7 heteroatoms. The maximum atomic E-state index is 12.8. The lowest BCUT2D eigenvalue weighted by molar-refractivity contribution is 0.0549. The summed E-state index contributed by atoms with van der Waals surface area (Å²) in [6, 6.07) is 1.97. The van der Waals surface area contributed by atoms with Crippen LogP contribution in [0.2, 0.25) is 0 Å². The second-order valence-corrected chi connectivity index (χ2v) is 6.39. The number of hydrogen-bond acceptors (Lipinski definition) is 4. The van der Waals surface area contributed by atoms with Crippen LogP contribution in [0.15, 0.2) is 12.4 Å². The van der Waals surface area contributed by atoms with Crippen molar-refractivity contribution in [2.75, 3.05) is 20.2 Å². The Morgan fingerprint density at radius 3 is 2.92 bits per heavy atom. The molecule has 1 saturated heterocycles. The molecular weight excluding hydrogens is 306 g/mol. The number of aromatic nitrogens is 4. The third-order valence-corrected chi connectivity index (χ3v) is 4.92. The fraction of sp³-hybridized carbons (Fsp3) is 0.588. The number of aromatic amines is 1. The Hall–Kier alpha value is -2.15. The van der Waals surface area contributed by atoms with Crippen molar-refractivity contribution in [1.82, 2.24) is 24.6 Å². The Morgan fingerprint density at radius 2 is 2.29 bits per heavy atom. The van der Waals surface area contributed by atoms with Crippen molar-refractivity contribution in [3.05, 3.63) is 35.2 Å². The molecule has 1 aliphatic heterocycles. The van der Waals surface area contributed by atoms with Crippen LogP contribution in [0.1, 0.15) is 46.8 Å². The number of likely N-dealkylation sites (N-methyl/N-ethyl adjacent to an activating group) is 1. The third-order valence-electron chi connectivity index (χ3n) is 4.92. The summed E-state index contributed by atoms with van der Waals surface area (Å²) in [6.45, 7) is 8.22. The fourth-order valence-corrected chi connectivity index (χ4v) is 3.60. The Morgan fingerprint density at radius 1 is 1.50 bits per heavy atom. The number of nitrogens with one attached hydrogen (secondary N) is 1. The second kappa shape index (κ2) is 6.76. The number of rotatable bonds is 5. The van der Waals surface area contributed by atoms with Gasteiger partial charge in [-0.25, -0.2) is 4.98 Å². The summed E-state index contributed by atoms with van der Waals surface area (Å²) in [5.41, 5.74) is 2.90. The summed E-state index contributed by atoms with van der Waals surface area (Å²) < 4.78 is 8.00. The number of carbonyl (C=O) groups excluding carboxylic acids is 1. The number of ether oxygens (including phenoxy) is 1. The van der Waals surface area contributed by atoms with Gasteiger partial charge in [0.05, 0.1) is 11.7 Å². The summed E-state index contributed by atoms with van der Waals surface area (Å²) in [5.74, 6) is 1.03. The van der Waals surface area contributed by atoms with E-state index in [1.54, 1.807) is 4.90 Å². The molecule has 0 aromatic carbocycles. The lowest BCUT2D eigenvalue weighted by atomic mass is 10.0. The van der Waals surface area contributed by atoms with Gasteiger partial charge in [-0.3, -0.25) is 9.89 Å². The van der Waals surface area contributed by atoms with Crippen molar-refractivity contribution in [2.24, 2.45) is 0 Å². The smallest absolute Gasteiger partial charge is 0.255 e. The Labute approximate surface area is 142 Å². The van der Waals surface area contributed by atoms with Crippen LogP contribution in [0.4, 0.5) is 0 Å². The van der Waals surface area contributed by atoms with Crippen molar-refractivity contribution in [3.8, 4) is 0 Å². The number of aryl methyl sites for hydroxylation is 1. The molecule has 1 N–H and O–H groups in total. The first kappa shape index (κ1) is 16.7. The van der Waals surface area contributed by atoms with E-state index in [2.05, 4.69) is 26.7 Å². The quantitative estimate of drug-likeness (QED) is 0.908. The average Bonchev–Trinajstić information content (AvgIpc) is 3.27. The van der Waals surface area contributed by atoms with E-state index in [0.29, 0.717) is 13.2 Å². The topological polar surface area (TPSA) is 76.0 Å². The molecule has 2 aromatic heterocycles. The van der Waals surface area contributed by atoms with Gasteiger partial charge in [-0.15, -0.1) is 0 Å². The maximum absolute atomic E-state index is 12.8. The van der Waals surface area contributed by atoms with E-state index in [4.69, 9.17) is 4.74 Å². The van der Waals surface area contributed by atoms with Gasteiger partial charge in [-0.1, -0.05) is 0 Å². The molecule has 0 radical (unpaired) electrons. The van der Waals surface area contributed by atoms with Gasteiger partial charge in [0.2, 0.25) is 0 Å². The van der Waals surface area contributed by atoms with E-state index in [9.17, 15) is 4.79 Å². The fourth-order valence-electron chi connectivity index (χ4n) is 3.60. The first-order chi connectivity index (χ1) is 11.5. The van der Waals surface area contributed by atoms with Gasteiger partial charge in [-0.2, -0.15) is 5.10 Å². The molecule has 1 fully saturated rings. The number of nitrogens with zero attached hydrogens (tertiary/aromatic N) is 4. The molecule has 2 aromatic rings. The van der Waals surface area contributed by atoms with Crippen LogP contribution < -0.4 is 0 Å². The Balaban J connectivity index is 1.72. The van der Waals surface area contributed by atoms with Crippen LogP contribution in [0.3, 0.4) is 0 Å². The predicted octanol–water partition coefficient (Wildman–Crippen LogP) is 1.89. The largest absolute Gasteiger partial charge is 0.376 e. The molecule has 130 valence electrons. The van der Waals surface area contributed by atoms with Gasteiger partial charge in [-0.05, 0) is 33.3 Å². The summed E-state index contributed by atoms with van der Waals surface area (Å²) >= 11 is 0. The van der Waals surface area contributed by atoms with Crippen molar-refractivity contribution in [3.63, 3.8) is 0 Å². The second-order valence-electron chi connectivity index (χ2n) is 6.39. The van der Waals surface area contributed by atoms with Crippen LogP contribution in [-0.4, -0.2) is 56.9 Å². The Bertz CT molecular complexity index is 707. The lowest BCUT2D eigenvalue weighted by Crippen LogP contribution is -2.36. The first-order valence-electron chi connectivity index (χ1n) is 8.42. The van der Waals surface area contributed by atoms with Crippen molar-refractivity contribution in [2.45, 2.75) is 45.8 Å². The average molecular weight is 331 g/mol. The Kier molecular flexibility index (Phi) is 4.71. The molecule has 24 heavy (non-hydrogen) atoms. The SMILES string of the molecule is CCn1c(C)cc(C(=O)N(C)C[C@H]2OCC[C@H]2c2ncn[nH]2)c1C. The minimum Gasteiger partial charge on any atom is -0.376 e. The zero-order valence-electron chi connectivity index (χ0n) is 14.7. The number of amides is 1. The zero-order chi connectivity index (χ0) is 17.3. The molecule has 7 nitrogen and oxygen atoms in total. The van der Waals surface area contributed by atoms with E-state index in [1.807, 2.05) is 27.0 Å². The van der Waals surface area contributed by atoms with E-state index >= 15 is 0 Å². The van der Waals surface area contributed by atoms with Crippen molar-refractivity contribution >= 4 is 5.91 Å². The zero-order valence-corrected chi connectivity index (χ0v) is 14.7. The molecule has 3 heterocycles. The van der Waals surface area contributed by atoms with Gasteiger partial charge in [0.15, 0.2) is 0 Å². The van der Waals surface area contributed by atoms with Gasteiger partial charge in [0, 0.05) is 44.0 Å². The summed E-state index contributed by atoms with van der Waals surface area (Å²) in [7, 11) is 1.83. The van der Waals surface area contributed by atoms with Crippen LogP contribution >= 0.6 is 0 Å².